The second-order valence-corrected chi connectivity index (χ2v) is 7.74. The van der Waals surface area contributed by atoms with E-state index >= 15 is 0 Å². The first-order valence-electron chi connectivity index (χ1n) is 8.83. The average molecular weight is 342 g/mol. The maximum atomic E-state index is 12.5. The van der Waals surface area contributed by atoms with Crippen LogP contribution in [0.3, 0.4) is 0 Å². The Morgan fingerprint density at radius 3 is 2.40 bits per heavy atom. The number of nitrogens with one attached hydrogen (secondary N) is 1. The molecule has 2 aliphatic rings. The fraction of sp³-hybridized carbons (Fsp3) is 0.500. The van der Waals surface area contributed by atoms with E-state index < -0.39 is 5.60 Å². The minimum atomic E-state index is -0.476. The standard InChI is InChI=1S/C20H26N2O3/c1-20(2,3)25-19(24)22-16-9-10-17(22)12-15(11-16)13-5-7-14(8-6-13)18(23)21-4/h5-8,11,16-17H,9-10,12H2,1-4H3,(H,21,23). The highest BCUT2D eigenvalue weighted by atomic mass is 16.6. The van der Waals surface area contributed by atoms with Gasteiger partial charge in [-0.15, -0.1) is 0 Å². The van der Waals surface area contributed by atoms with Crippen LogP contribution in [0.5, 0.6) is 0 Å². The van der Waals surface area contributed by atoms with Crippen LogP contribution in [0.4, 0.5) is 4.79 Å². The fourth-order valence-corrected chi connectivity index (χ4v) is 3.62. The average Bonchev–Trinajstić information content (AvgIpc) is 2.83. The van der Waals surface area contributed by atoms with E-state index in [1.54, 1.807) is 7.05 Å². The molecule has 1 fully saturated rings. The lowest BCUT2D eigenvalue weighted by molar-refractivity contribution is 0.0175. The smallest absolute Gasteiger partial charge is 0.411 e. The number of nitrogens with zero attached hydrogens (tertiary/aromatic N) is 1. The van der Waals surface area contributed by atoms with Crippen molar-refractivity contribution in [3.8, 4) is 0 Å². The summed E-state index contributed by atoms with van der Waals surface area (Å²) in [5, 5.41) is 2.63. The highest BCUT2D eigenvalue weighted by molar-refractivity contribution is 5.94. The van der Waals surface area contributed by atoms with E-state index in [4.69, 9.17) is 4.74 Å². The third-order valence-corrected chi connectivity index (χ3v) is 4.74. The van der Waals surface area contributed by atoms with Gasteiger partial charge in [-0.25, -0.2) is 4.79 Å². The molecule has 2 heterocycles. The van der Waals surface area contributed by atoms with E-state index in [0.29, 0.717) is 5.56 Å². The monoisotopic (exact) mass is 342 g/mol. The van der Waals surface area contributed by atoms with Gasteiger partial charge in [-0.2, -0.15) is 0 Å². The van der Waals surface area contributed by atoms with Crippen LogP contribution >= 0.6 is 0 Å². The Bertz CT molecular complexity index is 701. The van der Waals surface area contributed by atoms with Crippen molar-refractivity contribution >= 4 is 17.6 Å². The van der Waals surface area contributed by atoms with Crippen LogP contribution in [0.1, 0.15) is 56.0 Å². The summed E-state index contributed by atoms with van der Waals surface area (Å²) < 4.78 is 5.57. The van der Waals surface area contributed by atoms with Gasteiger partial charge in [0.05, 0.1) is 6.04 Å². The third kappa shape index (κ3) is 3.70. The molecule has 0 aliphatic carbocycles. The number of carbonyl (C=O) groups excluding carboxylic acids is 2. The first kappa shape index (κ1) is 17.5. The van der Waals surface area contributed by atoms with Crippen molar-refractivity contribution < 1.29 is 14.3 Å². The molecule has 1 N–H and O–H groups in total. The summed E-state index contributed by atoms with van der Waals surface area (Å²) in [6.45, 7) is 5.68. The van der Waals surface area contributed by atoms with Gasteiger partial charge in [0.2, 0.25) is 0 Å². The number of amides is 2. The van der Waals surface area contributed by atoms with Crippen LogP contribution in [0, 0.1) is 0 Å². The van der Waals surface area contributed by atoms with Crippen molar-refractivity contribution in [2.45, 2.75) is 57.7 Å². The molecule has 0 spiro atoms. The third-order valence-electron chi connectivity index (χ3n) is 4.74. The second-order valence-electron chi connectivity index (χ2n) is 7.74. The lowest BCUT2D eigenvalue weighted by Crippen LogP contribution is -2.45. The quantitative estimate of drug-likeness (QED) is 0.893. The SMILES string of the molecule is CNC(=O)c1ccc(C2=CC3CCC(C2)N3C(=O)OC(C)(C)C)cc1. The molecule has 2 amide bonds. The number of ether oxygens (including phenoxy) is 1. The van der Waals surface area contributed by atoms with E-state index in [9.17, 15) is 9.59 Å². The molecule has 3 rings (SSSR count). The van der Waals surface area contributed by atoms with E-state index in [1.165, 1.54) is 5.57 Å². The van der Waals surface area contributed by atoms with Gasteiger partial charge in [0, 0.05) is 18.7 Å². The molecular weight excluding hydrogens is 316 g/mol. The Hall–Kier alpha value is -2.30. The number of fused-ring (bicyclic) bond motifs is 2. The Labute approximate surface area is 149 Å². The van der Waals surface area contributed by atoms with Crippen molar-refractivity contribution in [2.75, 3.05) is 7.05 Å². The van der Waals surface area contributed by atoms with E-state index in [1.807, 2.05) is 49.9 Å². The zero-order valence-electron chi connectivity index (χ0n) is 15.3. The van der Waals surface area contributed by atoms with E-state index in [0.717, 1.165) is 24.8 Å². The molecule has 5 heteroatoms. The minimum Gasteiger partial charge on any atom is -0.444 e. The summed E-state index contributed by atoms with van der Waals surface area (Å²) >= 11 is 0. The number of carbonyl (C=O) groups is 2. The first-order valence-corrected chi connectivity index (χ1v) is 8.83. The minimum absolute atomic E-state index is 0.0830. The summed E-state index contributed by atoms with van der Waals surface area (Å²) in [5.41, 5.74) is 2.54. The predicted octanol–water partition coefficient (Wildman–Crippen LogP) is 3.60. The van der Waals surface area contributed by atoms with Crippen LogP contribution in [0.15, 0.2) is 30.3 Å². The van der Waals surface area contributed by atoms with E-state index in [2.05, 4.69) is 11.4 Å². The fourth-order valence-electron chi connectivity index (χ4n) is 3.62. The van der Waals surface area contributed by atoms with Crippen LogP contribution in [0.25, 0.3) is 5.57 Å². The van der Waals surface area contributed by atoms with Gasteiger partial charge < -0.3 is 10.1 Å². The van der Waals surface area contributed by atoms with Crippen molar-refractivity contribution in [2.24, 2.45) is 0 Å². The molecule has 25 heavy (non-hydrogen) atoms. The summed E-state index contributed by atoms with van der Waals surface area (Å²) in [6.07, 6.45) is 4.77. The molecule has 0 radical (unpaired) electrons. The highest BCUT2D eigenvalue weighted by Gasteiger charge is 2.41. The first-order chi connectivity index (χ1) is 11.8. The molecule has 5 nitrogen and oxygen atoms in total. The Balaban J connectivity index is 1.77. The Morgan fingerprint density at radius 2 is 1.84 bits per heavy atom. The maximum absolute atomic E-state index is 12.5. The maximum Gasteiger partial charge on any atom is 0.411 e. The second kappa shape index (κ2) is 6.54. The summed E-state index contributed by atoms with van der Waals surface area (Å²) in [5.74, 6) is -0.0830. The van der Waals surface area contributed by atoms with Gasteiger partial charge in [0.1, 0.15) is 5.60 Å². The molecule has 2 bridgehead atoms. The predicted molar refractivity (Wildman–Crippen MR) is 97.3 cm³/mol. The molecular formula is C20H26N2O3. The molecule has 134 valence electrons. The molecule has 2 unspecified atom stereocenters. The zero-order chi connectivity index (χ0) is 18.2. The van der Waals surface area contributed by atoms with Crippen LogP contribution in [0.2, 0.25) is 0 Å². The van der Waals surface area contributed by atoms with Gasteiger partial charge in [0.15, 0.2) is 0 Å². The van der Waals surface area contributed by atoms with Crippen molar-refractivity contribution in [1.29, 1.82) is 0 Å². The van der Waals surface area contributed by atoms with Gasteiger partial charge in [-0.3, -0.25) is 9.69 Å². The number of rotatable bonds is 2. The normalized spacial score (nSPS) is 22.4. The van der Waals surface area contributed by atoms with Gasteiger partial charge in [-0.1, -0.05) is 18.2 Å². The van der Waals surface area contributed by atoms with Crippen molar-refractivity contribution in [1.82, 2.24) is 10.2 Å². The number of hydrogen-bond acceptors (Lipinski definition) is 3. The summed E-state index contributed by atoms with van der Waals surface area (Å²) in [6, 6.07) is 7.95. The summed E-state index contributed by atoms with van der Waals surface area (Å²) in [4.78, 5) is 26.1. The molecule has 0 saturated carbocycles. The Morgan fingerprint density at radius 1 is 1.16 bits per heavy atom. The lowest BCUT2D eigenvalue weighted by atomic mass is 9.94. The largest absolute Gasteiger partial charge is 0.444 e. The molecule has 0 aromatic heterocycles. The van der Waals surface area contributed by atoms with E-state index in [-0.39, 0.29) is 24.1 Å². The van der Waals surface area contributed by atoms with Gasteiger partial charge in [-0.05, 0) is 63.3 Å². The number of benzene rings is 1. The van der Waals surface area contributed by atoms with Crippen LogP contribution in [-0.4, -0.2) is 41.6 Å². The van der Waals surface area contributed by atoms with Crippen LogP contribution in [-0.2, 0) is 4.74 Å². The molecule has 2 aliphatic heterocycles. The van der Waals surface area contributed by atoms with Crippen molar-refractivity contribution in [3.05, 3.63) is 41.5 Å². The number of hydrogen-bond donors (Lipinski definition) is 1. The summed E-state index contributed by atoms with van der Waals surface area (Å²) in [7, 11) is 1.63. The molecule has 1 aromatic carbocycles. The topological polar surface area (TPSA) is 58.6 Å². The van der Waals surface area contributed by atoms with Crippen molar-refractivity contribution in [3.63, 3.8) is 0 Å². The molecule has 2 atom stereocenters. The van der Waals surface area contributed by atoms with Crippen LogP contribution < -0.4 is 5.32 Å². The lowest BCUT2D eigenvalue weighted by Gasteiger charge is -2.35. The van der Waals surface area contributed by atoms with Gasteiger partial charge in [0.25, 0.3) is 5.91 Å². The zero-order valence-corrected chi connectivity index (χ0v) is 15.3. The Kier molecular flexibility index (Phi) is 4.58. The molecule has 1 aromatic rings. The highest BCUT2D eigenvalue weighted by Crippen LogP contribution is 2.39. The van der Waals surface area contributed by atoms with Gasteiger partial charge >= 0.3 is 6.09 Å². The molecule has 1 saturated heterocycles.